The number of nitro benzene ring substituents is 1. The molecule has 0 bridgehead atoms. The maximum atomic E-state index is 12.3. The third-order valence-corrected chi connectivity index (χ3v) is 4.04. The summed E-state index contributed by atoms with van der Waals surface area (Å²) in [4.78, 5) is 24.2. The first-order valence-electron chi connectivity index (χ1n) is 6.17. The molecule has 0 saturated carbocycles. The molecule has 0 radical (unpaired) electrons. The van der Waals surface area contributed by atoms with Crippen LogP contribution in [0.25, 0.3) is 0 Å². The third kappa shape index (κ3) is 3.04. The maximum absolute atomic E-state index is 12.3. The Morgan fingerprint density at radius 3 is 2.89 bits per heavy atom. The number of nitrogens with zero attached hydrogens (tertiary/aromatic N) is 2. The number of halogens is 1. The first-order valence-corrected chi connectivity index (χ1v) is 6.60. The predicted octanol–water partition coefficient (Wildman–Crippen LogP) is 2.68. The molecule has 1 aromatic carbocycles. The van der Waals surface area contributed by atoms with Gasteiger partial charge in [0.1, 0.15) is 0 Å². The molecule has 2 unspecified atom stereocenters. The maximum Gasteiger partial charge on any atom is 0.270 e. The van der Waals surface area contributed by atoms with E-state index in [-0.39, 0.29) is 22.9 Å². The Morgan fingerprint density at radius 2 is 2.26 bits per heavy atom. The summed E-state index contributed by atoms with van der Waals surface area (Å²) in [7, 11) is 0. The van der Waals surface area contributed by atoms with Gasteiger partial charge in [0.2, 0.25) is 0 Å². The number of benzene rings is 1. The molecule has 102 valence electrons. The van der Waals surface area contributed by atoms with Crippen LogP contribution in [0, 0.1) is 16.0 Å². The Morgan fingerprint density at radius 1 is 1.53 bits per heavy atom. The zero-order valence-electron chi connectivity index (χ0n) is 10.6. The number of hydrogen-bond acceptors (Lipinski definition) is 3. The molecule has 1 amide bonds. The summed E-state index contributed by atoms with van der Waals surface area (Å²) in [6.45, 7) is 3.19. The summed E-state index contributed by atoms with van der Waals surface area (Å²) in [6, 6.07) is 5.83. The summed E-state index contributed by atoms with van der Waals surface area (Å²) < 4.78 is 0. The minimum Gasteiger partial charge on any atom is -0.338 e. The van der Waals surface area contributed by atoms with Crippen LogP contribution < -0.4 is 0 Å². The molecule has 6 heteroatoms. The Kier molecular flexibility index (Phi) is 4.04. The highest BCUT2D eigenvalue weighted by Crippen LogP contribution is 2.23. The number of nitro groups is 1. The van der Waals surface area contributed by atoms with Gasteiger partial charge in [0.05, 0.1) is 4.92 Å². The number of carbonyl (C=O) groups excluding carboxylic acids is 1. The predicted molar refractivity (Wildman–Crippen MR) is 72.4 cm³/mol. The lowest BCUT2D eigenvalue weighted by Crippen LogP contribution is -2.43. The van der Waals surface area contributed by atoms with Crippen molar-refractivity contribution in [3.8, 4) is 0 Å². The topological polar surface area (TPSA) is 63.5 Å². The third-order valence-electron chi connectivity index (χ3n) is 3.39. The van der Waals surface area contributed by atoms with Crippen molar-refractivity contribution in [2.75, 3.05) is 13.1 Å². The van der Waals surface area contributed by atoms with E-state index in [1.54, 1.807) is 11.0 Å². The molecule has 0 N–H and O–H groups in total. The number of alkyl halides is 1. The monoisotopic (exact) mass is 282 g/mol. The largest absolute Gasteiger partial charge is 0.338 e. The molecule has 19 heavy (non-hydrogen) atoms. The van der Waals surface area contributed by atoms with Gasteiger partial charge in [-0.15, -0.1) is 11.6 Å². The van der Waals surface area contributed by atoms with Gasteiger partial charge in [-0.05, 0) is 18.4 Å². The van der Waals surface area contributed by atoms with Gasteiger partial charge in [0, 0.05) is 36.2 Å². The van der Waals surface area contributed by atoms with Crippen LogP contribution in [-0.4, -0.2) is 34.2 Å². The number of likely N-dealkylation sites (tertiary alicyclic amines) is 1. The van der Waals surface area contributed by atoms with Gasteiger partial charge in [0.15, 0.2) is 0 Å². The van der Waals surface area contributed by atoms with Crippen molar-refractivity contribution in [2.24, 2.45) is 5.92 Å². The van der Waals surface area contributed by atoms with Crippen LogP contribution in [0.15, 0.2) is 24.3 Å². The molecule has 1 aliphatic rings. The van der Waals surface area contributed by atoms with E-state index in [9.17, 15) is 14.9 Å². The number of amides is 1. The quantitative estimate of drug-likeness (QED) is 0.476. The van der Waals surface area contributed by atoms with Crippen molar-refractivity contribution < 1.29 is 9.72 Å². The molecule has 0 spiro atoms. The van der Waals surface area contributed by atoms with E-state index in [1.807, 2.05) is 6.92 Å². The van der Waals surface area contributed by atoms with Gasteiger partial charge < -0.3 is 4.90 Å². The van der Waals surface area contributed by atoms with E-state index in [1.165, 1.54) is 18.2 Å². The number of non-ortho nitro benzene ring substituents is 1. The van der Waals surface area contributed by atoms with Gasteiger partial charge >= 0.3 is 0 Å². The standard InChI is InChI=1S/C13H15ClN2O3/c1-9-8-15(6-5-12(9)14)13(17)10-3-2-4-11(7-10)16(18)19/h2-4,7,9,12H,5-6,8H2,1H3. The summed E-state index contributed by atoms with van der Waals surface area (Å²) >= 11 is 6.12. The van der Waals surface area contributed by atoms with Gasteiger partial charge in [0.25, 0.3) is 11.6 Å². The lowest BCUT2D eigenvalue weighted by Gasteiger charge is -2.34. The summed E-state index contributed by atoms with van der Waals surface area (Å²) in [5.74, 6) is 0.0668. The molecule has 2 rings (SSSR count). The number of rotatable bonds is 2. The number of piperidine rings is 1. The first kappa shape index (κ1) is 13.8. The average Bonchev–Trinajstić information content (AvgIpc) is 2.41. The molecule has 1 aromatic rings. The second-order valence-electron chi connectivity index (χ2n) is 4.84. The molecule has 0 aromatic heterocycles. The van der Waals surface area contributed by atoms with Crippen molar-refractivity contribution in [1.29, 1.82) is 0 Å². The lowest BCUT2D eigenvalue weighted by molar-refractivity contribution is -0.384. The SMILES string of the molecule is CC1CN(C(=O)c2cccc([N+](=O)[O-])c2)CCC1Cl. The minimum atomic E-state index is -0.496. The summed E-state index contributed by atoms with van der Waals surface area (Å²) in [5, 5.41) is 10.8. The number of carbonyl (C=O) groups is 1. The van der Waals surface area contributed by atoms with Crippen LogP contribution in [-0.2, 0) is 0 Å². The van der Waals surface area contributed by atoms with E-state index in [4.69, 9.17) is 11.6 Å². The van der Waals surface area contributed by atoms with Crippen LogP contribution in [0.2, 0.25) is 0 Å². The molecule has 1 fully saturated rings. The fourth-order valence-electron chi connectivity index (χ4n) is 2.24. The van der Waals surface area contributed by atoms with Gasteiger partial charge in [-0.25, -0.2) is 0 Å². The second kappa shape index (κ2) is 5.57. The highest BCUT2D eigenvalue weighted by atomic mass is 35.5. The minimum absolute atomic E-state index is 0.0638. The zero-order chi connectivity index (χ0) is 14.0. The zero-order valence-corrected chi connectivity index (χ0v) is 11.3. The molecule has 0 aliphatic carbocycles. The highest BCUT2D eigenvalue weighted by molar-refractivity contribution is 6.20. The van der Waals surface area contributed by atoms with Crippen LogP contribution in [0.4, 0.5) is 5.69 Å². The molecule has 1 saturated heterocycles. The fraction of sp³-hybridized carbons (Fsp3) is 0.462. The normalized spacial score (nSPS) is 23.2. The average molecular weight is 283 g/mol. The molecule has 1 aliphatic heterocycles. The lowest BCUT2D eigenvalue weighted by atomic mass is 9.99. The highest BCUT2D eigenvalue weighted by Gasteiger charge is 2.28. The van der Waals surface area contributed by atoms with Crippen molar-refractivity contribution in [3.63, 3.8) is 0 Å². The summed E-state index contributed by atoms with van der Waals surface area (Å²) in [6.07, 6.45) is 0.753. The summed E-state index contributed by atoms with van der Waals surface area (Å²) in [5.41, 5.74) is 0.292. The molecule has 2 atom stereocenters. The van der Waals surface area contributed by atoms with Crippen LogP contribution in [0.5, 0.6) is 0 Å². The Balaban J connectivity index is 2.16. The van der Waals surface area contributed by atoms with Crippen molar-refractivity contribution in [3.05, 3.63) is 39.9 Å². The van der Waals surface area contributed by atoms with E-state index in [0.717, 1.165) is 6.42 Å². The molecular formula is C13H15ClN2O3. The van der Waals surface area contributed by atoms with E-state index < -0.39 is 4.92 Å². The van der Waals surface area contributed by atoms with Crippen LogP contribution in [0.1, 0.15) is 23.7 Å². The van der Waals surface area contributed by atoms with Crippen LogP contribution >= 0.6 is 11.6 Å². The smallest absolute Gasteiger partial charge is 0.270 e. The van der Waals surface area contributed by atoms with E-state index >= 15 is 0 Å². The Hall–Kier alpha value is -1.62. The molecular weight excluding hydrogens is 268 g/mol. The second-order valence-corrected chi connectivity index (χ2v) is 5.40. The first-order chi connectivity index (χ1) is 8.99. The van der Waals surface area contributed by atoms with Gasteiger partial charge in [-0.3, -0.25) is 14.9 Å². The van der Waals surface area contributed by atoms with Gasteiger partial charge in [-0.2, -0.15) is 0 Å². The number of hydrogen-bond donors (Lipinski definition) is 0. The van der Waals surface area contributed by atoms with Crippen molar-refractivity contribution in [2.45, 2.75) is 18.7 Å². The Bertz CT molecular complexity index is 506. The molecule has 5 nitrogen and oxygen atoms in total. The van der Waals surface area contributed by atoms with Crippen molar-refractivity contribution in [1.82, 2.24) is 4.90 Å². The van der Waals surface area contributed by atoms with Crippen LogP contribution in [0.3, 0.4) is 0 Å². The molecule has 1 heterocycles. The fourth-order valence-corrected chi connectivity index (χ4v) is 2.41. The van der Waals surface area contributed by atoms with E-state index in [0.29, 0.717) is 18.7 Å². The van der Waals surface area contributed by atoms with Gasteiger partial charge in [-0.1, -0.05) is 13.0 Å². The van der Waals surface area contributed by atoms with E-state index in [2.05, 4.69) is 0 Å². The Labute approximate surface area is 116 Å². The van der Waals surface area contributed by atoms with Crippen molar-refractivity contribution >= 4 is 23.2 Å².